The SMILES string of the molecule is CS(=O)(=O)Nc1ccccc1NCC1CCNCC1. The maximum atomic E-state index is 11.3. The van der Waals surface area contributed by atoms with E-state index < -0.39 is 10.0 Å². The van der Waals surface area contributed by atoms with E-state index in [1.54, 1.807) is 6.07 Å². The third-order valence-corrected chi connectivity index (χ3v) is 3.85. The third-order valence-electron chi connectivity index (χ3n) is 3.26. The minimum atomic E-state index is -3.24. The summed E-state index contributed by atoms with van der Waals surface area (Å²) < 4.78 is 25.2. The number of piperidine rings is 1. The summed E-state index contributed by atoms with van der Waals surface area (Å²) in [5.41, 5.74) is 1.45. The molecule has 3 N–H and O–H groups in total. The minimum Gasteiger partial charge on any atom is -0.383 e. The highest BCUT2D eigenvalue weighted by Gasteiger charge is 2.13. The summed E-state index contributed by atoms with van der Waals surface area (Å²) in [5.74, 6) is 0.646. The number of benzene rings is 1. The van der Waals surface area contributed by atoms with Crippen LogP contribution in [0.25, 0.3) is 0 Å². The van der Waals surface area contributed by atoms with Gasteiger partial charge in [-0.05, 0) is 44.0 Å². The van der Waals surface area contributed by atoms with Gasteiger partial charge in [-0.3, -0.25) is 4.72 Å². The predicted molar refractivity (Wildman–Crippen MR) is 79.0 cm³/mol. The van der Waals surface area contributed by atoms with E-state index in [0.717, 1.165) is 44.4 Å². The van der Waals surface area contributed by atoms with Crippen molar-refractivity contribution < 1.29 is 8.42 Å². The largest absolute Gasteiger partial charge is 0.383 e. The molecule has 1 aliphatic rings. The van der Waals surface area contributed by atoms with E-state index in [0.29, 0.717) is 11.6 Å². The summed E-state index contributed by atoms with van der Waals surface area (Å²) in [6.07, 6.45) is 3.49. The Hall–Kier alpha value is -1.27. The Morgan fingerprint density at radius 1 is 1.21 bits per heavy atom. The van der Waals surface area contributed by atoms with E-state index in [4.69, 9.17) is 0 Å². The molecule has 1 heterocycles. The van der Waals surface area contributed by atoms with E-state index >= 15 is 0 Å². The van der Waals surface area contributed by atoms with Crippen LogP contribution in [0.5, 0.6) is 0 Å². The average molecular weight is 283 g/mol. The van der Waals surface area contributed by atoms with Gasteiger partial charge in [0.15, 0.2) is 0 Å². The molecular weight excluding hydrogens is 262 g/mol. The molecule has 1 aromatic carbocycles. The Kier molecular flexibility index (Phi) is 4.66. The van der Waals surface area contributed by atoms with Crippen molar-refractivity contribution in [2.24, 2.45) is 5.92 Å². The quantitative estimate of drug-likeness (QED) is 0.765. The van der Waals surface area contributed by atoms with Gasteiger partial charge in [-0.15, -0.1) is 0 Å². The summed E-state index contributed by atoms with van der Waals surface area (Å²) in [6.45, 7) is 3.01. The highest BCUT2D eigenvalue weighted by Crippen LogP contribution is 2.23. The lowest BCUT2D eigenvalue weighted by molar-refractivity contribution is 0.390. The maximum Gasteiger partial charge on any atom is 0.229 e. The van der Waals surface area contributed by atoms with Gasteiger partial charge in [0.2, 0.25) is 10.0 Å². The molecular formula is C13H21N3O2S. The second kappa shape index (κ2) is 6.25. The summed E-state index contributed by atoms with van der Waals surface area (Å²) in [7, 11) is -3.24. The fraction of sp³-hybridized carbons (Fsp3) is 0.538. The first kappa shape index (κ1) is 14.1. The van der Waals surface area contributed by atoms with E-state index in [1.807, 2.05) is 18.2 Å². The predicted octanol–water partition coefficient (Wildman–Crippen LogP) is 1.47. The maximum absolute atomic E-state index is 11.3. The molecule has 0 bridgehead atoms. The number of hydrogen-bond acceptors (Lipinski definition) is 4. The lowest BCUT2D eigenvalue weighted by Gasteiger charge is -2.24. The van der Waals surface area contributed by atoms with Gasteiger partial charge in [0.25, 0.3) is 0 Å². The van der Waals surface area contributed by atoms with Crippen molar-refractivity contribution in [1.82, 2.24) is 5.32 Å². The molecule has 5 nitrogen and oxygen atoms in total. The van der Waals surface area contributed by atoms with Crippen LogP contribution in [0.2, 0.25) is 0 Å². The second-order valence-electron chi connectivity index (χ2n) is 4.99. The molecule has 1 aromatic rings. The lowest BCUT2D eigenvalue weighted by atomic mass is 9.98. The number of hydrogen-bond donors (Lipinski definition) is 3. The number of sulfonamides is 1. The highest BCUT2D eigenvalue weighted by atomic mass is 32.2. The first-order valence-electron chi connectivity index (χ1n) is 6.56. The van der Waals surface area contributed by atoms with Crippen LogP contribution in [0.4, 0.5) is 11.4 Å². The van der Waals surface area contributed by atoms with Gasteiger partial charge in [-0.2, -0.15) is 0 Å². The fourth-order valence-electron chi connectivity index (χ4n) is 2.27. The fourth-order valence-corrected chi connectivity index (χ4v) is 2.84. The lowest BCUT2D eigenvalue weighted by Crippen LogP contribution is -2.31. The number of nitrogens with one attached hydrogen (secondary N) is 3. The van der Waals surface area contributed by atoms with E-state index in [2.05, 4.69) is 15.4 Å². The van der Waals surface area contributed by atoms with E-state index in [9.17, 15) is 8.42 Å². The van der Waals surface area contributed by atoms with Gasteiger partial charge in [-0.25, -0.2) is 8.42 Å². The van der Waals surface area contributed by atoms with Gasteiger partial charge in [0.1, 0.15) is 0 Å². The van der Waals surface area contributed by atoms with E-state index in [-0.39, 0.29) is 0 Å². The van der Waals surface area contributed by atoms with Crippen molar-refractivity contribution in [1.29, 1.82) is 0 Å². The molecule has 19 heavy (non-hydrogen) atoms. The first-order valence-corrected chi connectivity index (χ1v) is 8.45. The topological polar surface area (TPSA) is 70.2 Å². The Balaban J connectivity index is 1.99. The van der Waals surface area contributed by atoms with Crippen LogP contribution in [-0.4, -0.2) is 34.3 Å². The molecule has 0 atom stereocenters. The number of anilines is 2. The van der Waals surface area contributed by atoms with Crippen LogP contribution >= 0.6 is 0 Å². The van der Waals surface area contributed by atoms with Crippen LogP contribution in [0.3, 0.4) is 0 Å². The van der Waals surface area contributed by atoms with Crippen LogP contribution in [0, 0.1) is 5.92 Å². The summed E-state index contributed by atoms with van der Waals surface area (Å²) in [6, 6.07) is 7.39. The molecule has 106 valence electrons. The second-order valence-corrected chi connectivity index (χ2v) is 6.74. The molecule has 0 amide bonds. The Labute approximate surface area is 114 Å². The zero-order chi connectivity index (χ0) is 13.7. The summed E-state index contributed by atoms with van der Waals surface area (Å²) >= 11 is 0. The van der Waals surface area contributed by atoms with Crippen molar-refractivity contribution in [3.05, 3.63) is 24.3 Å². The Morgan fingerprint density at radius 3 is 2.47 bits per heavy atom. The molecule has 1 aliphatic heterocycles. The summed E-state index contributed by atoms with van der Waals surface area (Å²) in [4.78, 5) is 0. The number of para-hydroxylation sites is 2. The zero-order valence-corrected chi connectivity index (χ0v) is 12.0. The molecule has 0 spiro atoms. The van der Waals surface area contributed by atoms with Gasteiger partial charge >= 0.3 is 0 Å². The van der Waals surface area contributed by atoms with E-state index in [1.165, 1.54) is 0 Å². The van der Waals surface area contributed by atoms with Gasteiger partial charge < -0.3 is 10.6 Å². The smallest absolute Gasteiger partial charge is 0.229 e. The van der Waals surface area contributed by atoms with Crippen LogP contribution in [0.15, 0.2) is 24.3 Å². The molecule has 0 saturated carbocycles. The van der Waals surface area contributed by atoms with Crippen LogP contribution < -0.4 is 15.4 Å². The highest BCUT2D eigenvalue weighted by molar-refractivity contribution is 7.92. The van der Waals surface area contributed by atoms with Crippen molar-refractivity contribution >= 4 is 21.4 Å². The zero-order valence-electron chi connectivity index (χ0n) is 11.1. The van der Waals surface area contributed by atoms with Gasteiger partial charge in [0, 0.05) is 6.54 Å². The molecule has 0 unspecified atom stereocenters. The molecule has 1 saturated heterocycles. The normalized spacial score (nSPS) is 17.1. The van der Waals surface area contributed by atoms with Crippen molar-refractivity contribution in [2.75, 3.05) is 35.9 Å². The monoisotopic (exact) mass is 283 g/mol. The first-order chi connectivity index (χ1) is 9.04. The van der Waals surface area contributed by atoms with Crippen LogP contribution in [-0.2, 0) is 10.0 Å². The molecule has 0 radical (unpaired) electrons. The Morgan fingerprint density at radius 2 is 1.84 bits per heavy atom. The molecule has 0 aromatic heterocycles. The van der Waals surface area contributed by atoms with Crippen molar-refractivity contribution in [3.8, 4) is 0 Å². The molecule has 2 rings (SSSR count). The standard InChI is InChI=1S/C13H21N3O2S/c1-19(17,18)16-13-5-3-2-4-12(13)15-10-11-6-8-14-9-7-11/h2-5,11,14-16H,6-10H2,1H3. The third kappa shape index (κ3) is 4.72. The molecule has 1 fully saturated rings. The number of rotatable bonds is 5. The minimum absolute atomic E-state index is 0.610. The van der Waals surface area contributed by atoms with Crippen molar-refractivity contribution in [2.45, 2.75) is 12.8 Å². The average Bonchev–Trinajstić information content (AvgIpc) is 2.37. The van der Waals surface area contributed by atoms with Gasteiger partial charge in [0.05, 0.1) is 17.6 Å². The Bertz CT molecular complexity index is 510. The van der Waals surface area contributed by atoms with Crippen molar-refractivity contribution in [3.63, 3.8) is 0 Å². The molecule has 6 heteroatoms. The molecule has 0 aliphatic carbocycles. The summed E-state index contributed by atoms with van der Waals surface area (Å²) in [5, 5.41) is 6.69. The van der Waals surface area contributed by atoms with Crippen LogP contribution in [0.1, 0.15) is 12.8 Å². The van der Waals surface area contributed by atoms with Gasteiger partial charge in [-0.1, -0.05) is 12.1 Å².